The maximum Gasteiger partial charge on any atom is 0.0689 e. The molecule has 2 bridgehead atoms. The fraction of sp³-hybridized carbons (Fsp3) is 0.909. The summed E-state index contributed by atoms with van der Waals surface area (Å²) >= 11 is 0. The molecule has 0 radical (unpaired) electrons. The number of aliphatic hydroxyl groups is 1. The minimum absolute atomic E-state index is 0.0187. The number of rotatable bonds is 1. The molecule has 2 nitrogen and oxygen atoms in total. The molecule has 2 heteroatoms. The molecule has 3 aliphatic carbocycles. The Bertz CT molecular complexity index is 233. The van der Waals surface area contributed by atoms with Crippen LogP contribution in [0.5, 0.6) is 0 Å². The Kier molecular flexibility index (Phi) is 2.08. The van der Waals surface area contributed by atoms with E-state index in [1.54, 1.807) is 0 Å². The van der Waals surface area contributed by atoms with Crippen molar-refractivity contribution in [1.29, 1.82) is 5.26 Å². The molecule has 0 unspecified atom stereocenters. The molecule has 0 aromatic carbocycles. The summed E-state index contributed by atoms with van der Waals surface area (Å²) in [4.78, 5) is 0. The average Bonchev–Trinajstić information content (AvgIpc) is 2.49. The first-order valence-corrected chi connectivity index (χ1v) is 5.26. The summed E-state index contributed by atoms with van der Waals surface area (Å²) in [7, 11) is 0. The average molecular weight is 179 g/mol. The lowest BCUT2D eigenvalue weighted by atomic mass is 9.66. The second-order valence-corrected chi connectivity index (χ2v) is 4.90. The fourth-order valence-electron chi connectivity index (χ4n) is 2.97. The molecule has 3 saturated carbocycles. The first-order chi connectivity index (χ1) is 6.24. The van der Waals surface area contributed by atoms with Gasteiger partial charge in [0.1, 0.15) is 0 Å². The highest BCUT2D eigenvalue weighted by Gasteiger charge is 2.45. The van der Waals surface area contributed by atoms with E-state index in [-0.39, 0.29) is 10.8 Å². The molecule has 0 aromatic rings. The molecular formula is C11H17NO. The van der Waals surface area contributed by atoms with Crippen LogP contribution in [0.2, 0.25) is 0 Å². The van der Waals surface area contributed by atoms with Crippen molar-refractivity contribution in [2.75, 3.05) is 6.61 Å². The molecule has 0 aromatic heterocycles. The van der Waals surface area contributed by atoms with Crippen LogP contribution < -0.4 is 0 Å². The third-order valence-electron chi connectivity index (χ3n) is 4.20. The number of nitriles is 1. The molecule has 3 aliphatic rings. The molecule has 72 valence electrons. The molecule has 0 amide bonds. The number of fused-ring (bicyclic) bond motifs is 4. The maximum absolute atomic E-state index is 9.36. The van der Waals surface area contributed by atoms with Gasteiger partial charge in [-0.25, -0.2) is 0 Å². The molecule has 0 spiro atoms. The van der Waals surface area contributed by atoms with Gasteiger partial charge in [-0.2, -0.15) is 5.26 Å². The van der Waals surface area contributed by atoms with Crippen molar-refractivity contribution in [2.45, 2.75) is 44.9 Å². The van der Waals surface area contributed by atoms with E-state index < -0.39 is 0 Å². The zero-order valence-corrected chi connectivity index (χ0v) is 8.05. The van der Waals surface area contributed by atoms with E-state index in [1.165, 1.54) is 0 Å². The number of aliphatic hydroxyl groups excluding tert-OH is 1. The van der Waals surface area contributed by atoms with E-state index in [0.717, 1.165) is 44.9 Å². The Balaban J connectivity index is 2.19. The summed E-state index contributed by atoms with van der Waals surface area (Å²) in [6, 6.07) is 2.50. The lowest BCUT2D eigenvalue weighted by molar-refractivity contribution is 0.0624. The largest absolute Gasteiger partial charge is 0.396 e. The summed E-state index contributed by atoms with van der Waals surface area (Å²) in [6.45, 7) is 0.328. The van der Waals surface area contributed by atoms with E-state index in [2.05, 4.69) is 6.07 Å². The molecule has 1 N–H and O–H groups in total. The molecule has 0 heterocycles. The van der Waals surface area contributed by atoms with Crippen molar-refractivity contribution in [1.82, 2.24) is 0 Å². The van der Waals surface area contributed by atoms with Crippen molar-refractivity contribution in [3.63, 3.8) is 0 Å². The monoisotopic (exact) mass is 179 g/mol. The zero-order valence-electron chi connectivity index (χ0n) is 8.05. The highest BCUT2D eigenvalue weighted by Crippen LogP contribution is 2.53. The number of nitrogens with zero attached hydrogens (tertiary/aromatic N) is 1. The highest BCUT2D eigenvalue weighted by molar-refractivity contribution is 5.06. The summed E-state index contributed by atoms with van der Waals surface area (Å²) in [5.74, 6) is 0. The van der Waals surface area contributed by atoms with Crippen LogP contribution in [0.15, 0.2) is 0 Å². The van der Waals surface area contributed by atoms with E-state index >= 15 is 0 Å². The quantitative estimate of drug-likeness (QED) is 0.670. The van der Waals surface area contributed by atoms with Gasteiger partial charge in [-0.3, -0.25) is 0 Å². The minimum Gasteiger partial charge on any atom is -0.396 e. The number of hydrogen-bond donors (Lipinski definition) is 1. The number of hydrogen-bond acceptors (Lipinski definition) is 2. The van der Waals surface area contributed by atoms with Crippen molar-refractivity contribution >= 4 is 0 Å². The minimum atomic E-state index is -0.0187. The van der Waals surface area contributed by atoms with Gasteiger partial charge in [0.05, 0.1) is 11.5 Å². The Hall–Kier alpha value is -0.550. The normalized spacial score (nSPS) is 44.0. The van der Waals surface area contributed by atoms with Crippen LogP contribution >= 0.6 is 0 Å². The van der Waals surface area contributed by atoms with Crippen LogP contribution in [0.25, 0.3) is 0 Å². The fourth-order valence-corrected chi connectivity index (χ4v) is 2.97. The topological polar surface area (TPSA) is 44.0 Å². The molecular weight excluding hydrogens is 162 g/mol. The maximum atomic E-state index is 9.36. The second kappa shape index (κ2) is 2.99. The Labute approximate surface area is 79.6 Å². The molecule has 0 aliphatic heterocycles. The third kappa shape index (κ3) is 1.36. The van der Waals surface area contributed by atoms with Crippen LogP contribution in [0.3, 0.4) is 0 Å². The summed E-state index contributed by atoms with van der Waals surface area (Å²) in [5.41, 5.74) is 0.173. The van der Waals surface area contributed by atoms with E-state index in [0.29, 0.717) is 6.61 Å². The molecule has 3 rings (SSSR count). The van der Waals surface area contributed by atoms with Crippen LogP contribution in [-0.4, -0.2) is 11.7 Å². The lowest BCUT2D eigenvalue weighted by Gasteiger charge is -2.38. The van der Waals surface area contributed by atoms with E-state index in [9.17, 15) is 5.11 Å². The smallest absolute Gasteiger partial charge is 0.0689 e. The van der Waals surface area contributed by atoms with Crippen molar-refractivity contribution in [3.8, 4) is 6.07 Å². The first kappa shape index (κ1) is 9.02. The summed E-state index contributed by atoms with van der Waals surface area (Å²) < 4.78 is 0. The zero-order chi connectivity index (χ0) is 9.36. The van der Waals surface area contributed by atoms with Crippen molar-refractivity contribution < 1.29 is 5.11 Å². The summed E-state index contributed by atoms with van der Waals surface area (Å²) in [5, 5.41) is 18.5. The van der Waals surface area contributed by atoms with Crippen molar-refractivity contribution in [3.05, 3.63) is 0 Å². The first-order valence-electron chi connectivity index (χ1n) is 5.26. The van der Waals surface area contributed by atoms with Gasteiger partial charge in [0.15, 0.2) is 0 Å². The van der Waals surface area contributed by atoms with Crippen LogP contribution in [0.1, 0.15) is 44.9 Å². The second-order valence-electron chi connectivity index (χ2n) is 4.90. The molecule has 0 saturated heterocycles. The van der Waals surface area contributed by atoms with Crippen LogP contribution in [0.4, 0.5) is 0 Å². The predicted molar refractivity (Wildman–Crippen MR) is 49.9 cm³/mol. The van der Waals surface area contributed by atoms with Crippen LogP contribution in [-0.2, 0) is 0 Å². The van der Waals surface area contributed by atoms with Gasteiger partial charge in [-0.15, -0.1) is 0 Å². The van der Waals surface area contributed by atoms with Gasteiger partial charge in [0.2, 0.25) is 0 Å². The highest BCUT2D eigenvalue weighted by atomic mass is 16.3. The molecule has 0 atom stereocenters. The van der Waals surface area contributed by atoms with Crippen molar-refractivity contribution in [2.24, 2.45) is 10.8 Å². The lowest BCUT2D eigenvalue weighted by Crippen LogP contribution is -2.32. The molecule has 13 heavy (non-hydrogen) atoms. The Morgan fingerprint density at radius 1 is 1.08 bits per heavy atom. The van der Waals surface area contributed by atoms with Gasteiger partial charge < -0.3 is 5.11 Å². The van der Waals surface area contributed by atoms with E-state index in [1.807, 2.05) is 0 Å². The standard InChI is InChI=1S/C11H17NO/c12-8-10-2-1-3-11(9-13,6-4-10)7-5-10/h13H,1-7,9H2. The predicted octanol–water partition coefficient (Wildman–Crippen LogP) is 2.23. The SMILES string of the molecule is N#CC12CCCC(CO)(CC1)CC2. The molecule has 3 fully saturated rings. The van der Waals surface area contributed by atoms with Gasteiger partial charge in [-0.05, 0) is 43.9 Å². The third-order valence-corrected chi connectivity index (χ3v) is 4.20. The van der Waals surface area contributed by atoms with Gasteiger partial charge in [-0.1, -0.05) is 6.42 Å². The van der Waals surface area contributed by atoms with Gasteiger partial charge in [0, 0.05) is 6.61 Å². The Morgan fingerprint density at radius 3 is 2.31 bits per heavy atom. The van der Waals surface area contributed by atoms with E-state index in [4.69, 9.17) is 5.26 Å². The van der Waals surface area contributed by atoms with Crippen LogP contribution in [0, 0.1) is 22.2 Å². The summed E-state index contributed by atoms with van der Waals surface area (Å²) in [6.07, 6.45) is 7.49. The Morgan fingerprint density at radius 2 is 1.77 bits per heavy atom. The van der Waals surface area contributed by atoms with Gasteiger partial charge in [0.25, 0.3) is 0 Å². The van der Waals surface area contributed by atoms with Gasteiger partial charge >= 0.3 is 0 Å².